The van der Waals surface area contributed by atoms with E-state index in [2.05, 4.69) is 52.6 Å². The van der Waals surface area contributed by atoms with E-state index in [4.69, 9.17) is 9.47 Å². The van der Waals surface area contributed by atoms with Crippen LogP contribution in [0.15, 0.2) is 12.1 Å². The summed E-state index contributed by atoms with van der Waals surface area (Å²) in [4.78, 5) is 2.47. The van der Waals surface area contributed by atoms with Crippen molar-refractivity contribution in [3.63, 3.8) is 0 Å². The monoisotopic (exact) mass is 503 g/mol. The van der Waals surface area contributed by atoms with Gasteiger partial charge < -0.3 is 24.6 Å². The Bertz CT molecular complexity index is 887. The zero-order chi connectivity index (χ0) is 27.1. The van der Waals surface area contributed by atoms with Crippen LogP contribution in [0.5, 0.6) is 11.5 Å². The molecule has 4 rings (SSSR count). The van der Waals surface area contributed by atoms with E-state index >= 15 is 0 Å². The summed E-state index contributed by atoms with van der Waals surface area (Å²) in [6.45, 7) is 18.9. The minimum Gasteiger partial charge on any atom is -0.504 e. The zero-order valence-electron chi connectivity index (χ0n) is 24.6. The Morgan fingerprint density at radius 2 is 1.81 bits per heavy atom. The fourth-order valence-electron chi connectivity index (χ4n) is 6.85. The lowest BCUT2D eigenvalue weighted by atomic mass is 9.52. The summed E-state index contributed by atoms with van der Waals surface area (Å²) in [7, 11) is 3.99. The maximum Gasteiger partial charge on any atom is 0.165 e. The van der Waals surface area contributed by atoms with Gasteiger partial charge in [0.1, 0.15) is 12.2 Å². The molecule has 5 nitrogen and oxygen atoms in total. The molecule has 1 heterocycles. The molecule has 2 aliphatic carbocycles. The molecule has 206 valence electrons. The second-order valence-electron chi connectivity index (χ2n) is 12.7. The van der Waals surface area contributed by atoms with Gasteiger partial charge in [0.2, 0.25) is 0 Å². The standard InChI is InChI=1S/C29H47NO4.C2H6/c1-9-20-12-13-22(31)25-23(20)29(14-15-30(7)17-19-10-11-19)18(2)16-21(24(33-8)26(29)34-25)28(6,32)27(3,4)5;1-2/h12-13,18-19,21,24,26,31-32H,9-11,14-17H2,1-8H3;1-2H3/t18?,21-,24?,26-,28?,29?;/m0./s1. The largest absolute Gasteiger partial charge is 0.504 e. The summed E-state index contributed by atoms with van der Waals surface area (Å²) in [5, 5.41) is 22.7. The van der Waals surface area contributed by atoms with Crippen LogP contribution in [0.25, 0.3) is 0 Å². The first kappa shape index (κ1) is 29.3. The molecule has 0 saturated heterocycles. The van der Waals surface area contributed by atoms with Crippen LogP contribution in [0.3, 0.4) is 0 Å². The molecule has 0 spiro atoms. The molecule has 4 unspecified atom stereocenters. The number of methoxy groups -OCH3 is 1. The van der Waals surface area contributed by atoms with Crippen molar-refractivity contribution in [2.45, 2.75) is 111 Å². The number of nitrogens with zero attached hydrogens (tertiary/aromatic N) is 1. The predicted molar refractivity (Wildman–Crippen MR) is 148 cm³/mol. The van der Waals surface area contributed by atoms with Crippen molar-refractivity contribution in [2.75, 3.05) is 27.2 Å². The Morgan fingerprint density at radius 1 is 1.17 bits per heavy atom. The molecule has 0 amide bonds. The van der Waals surface area contributed by atoms with Gasteiger partial charge in [-0.15, -0.1) is 0 Å². The van der Waals surface area contributed by atoms with Crippen molar-refractivity contribution in [2.24, 2.45) is 23.2 Å². The molecular formula is C31H53NO4. The maximum atomic E-state index is 11.8. The molecule has 2 saturated carbocycles. The third kappa shape index (κ3) is 4.92. The van der Waals surface area contributed by atoms with E-state index in [1.165, 1.54) is 24.0 Å². The minimum absolute atomic E-state index is 0.0728. The summed E-state index contributed by atoms with van der Waals surface area (Å²) >= 11 is 0. The van der Waals surface area contributed by atoms with E-state index in [9.17, 15) is 10.2 Å². The number of phenols is 1. The fourth-order valence-corrected chi connectivity index (χ4v) is 6.85. The summed E-state index contributed by atoms with van der Waals surface area (Å²) in [5.74, 6) is 1.90. The maximum absolute atomic E-state index is 11.8. The van der Waals surface area contributed by atoms with Crippen LogP contribution < -0.4 is 4.74 Å². The van der Waals surface area contributed by atoms with E-state index in [-0.39, 0.29) is 40.6 Å². The number of ether oxygens (including phenoxy) is 2. The first-order chi connectivity index (χ1) is 16.9. The molecule has 36 heavy (non-hydrogen) atoms. The number of phenolic OH excluding ortho intramolecular Hbond substituents is 1. The first-order valence-corrected chi connectivity index (χ1v) is 14.3. The molecular weight excluding hydrogens is 450 g/mol. The second-order valence-corrected chi connectivity index (χ2v) is 12.7. The molecule has 0 bridgehead atoms. The molecule has 2 N–H and O–H groups in total. The average molecular weight is 504 g/mol. The fraction of sp³-hybridized carbons (Fsp3) is 0.806. The normalized spacial score (nSPS) is 31.1. The van der Waals surface area contributed by atoms with Crippen LogP contribution in [0.1, 0.15) is 92.2 Å². The minimum atomic E-state index is -0.926. The first-order valence-electron chi connectivity index (χ1n) is 14.3. The molecule has 1 aliphatic heterocycles. The van der Waals surface area contributed by atoms with Gasteiger partial charge in [-0.2, -0.15) is 0 Å². The van der Waals surface area contributed by atoms with E-state index in [1.54, 1.807) is 13.2 Å². The van der Waals surface area contributed by atoms with E-state index in [0.29, 0.717) is 5.75 Å². The van der Waals surface area contributed by atoms with Gasteiger partial charge in [-0.25, -0.2) is 0 Å². The molecule has 0 aromatic heterocycles. The number of hydrogen-bond acceptors (Lipinski definition) is 5. The topological polar surface area (TPSA) is 62.2 Å². The van der Waals surface area contributed by atoms with Gasteiger partial charge in [-0.3, -0.25) is 0 Å². The lowest BCUT2D eigenvalue weighted by Gasteiger charge is -2.56. The second kappa shape index (κ2) is 10.8. The summed E-state index contributed by atoms with van der Waals surface area (Å²) in [6, 6.07) is 3.85. The van der Waals surface area contributed by atoms with Gasteiger partial charge in [0.15, 0.2) is 11.5 Å². The Balaban J connectivity index is 0.00000176. The Kier molecular flexibility index (Phi) is 8.80. The van der Waals surface area contributed by atoms with Crippen molar-refractivity contribution in [1.29, 1.82) is 0 Å². The Labute approximate surface area is 220 Å². The van der Waals surface area contributed by atoms with Crippen LogP contribution in [0.2, 0.25) is 0 Å². The highest BCUT2D eigenvalue weighted by Crippen LogP contribution is 2.61. The number of rotatable bonds is 8. The summed E-state index contributed by atoms with van der Waals surface area (Å²) in [6.07, 6.45) is 4.89. The number of aromatic hydroxyl groups is 1. The van der Waals surface area contributed by atoms with Crippen LogP contribution in [-0.4, -0.2) is 60.2 Å². The molecule has 6 atom stereocenters. The van der Waals surface area contributed by atoms with Crippen LogP contribution in [0, 0.1) is 23.2 Å². The smallest absolute Gasteiger partial charge is 0.165 e. The quantitative estimate of drug-likeness (QED) is 0.444. The number of benzene rings is 1. The summed E-state index contributed by atoms with van der Waals surface area (Å²) in [5.41, 5.74) is 0.944. The highest BCUT2D eigenvalue weighted by molar-refractivity contribution is 5.58. The lowest BCUT2D eigenvalue weighted by molar-refractivity contribution is -0.190. The van der Waals surface area contributed by atoms with E-state index in [1.807, 2.05) is 20.8 Å². The SMILES string of the molecule is CC.CCc1ccc(O)c2c1C1(CCN(C)CC3CC3)C(C)C[C@H](C(C)(O)C(C)(C)C)C(OC)[C@@H]1O2. The van der Waals surface area contributed by atoms with Gasteiger partial charge in [0, 0.05) is 30.6 Å². The number of hydrogen-bond donors (Lipinski definition) is 2. The highest BCUT2D eigenvalue weighted by Gasteiger charge is 2.64. The molecule has 3 aliphatic rings. The van der Waals surface area contributed by atoms with E-state index < -0.39 is 5.60 Å². The highest BCUT2D eigenvalue weighted by atomic mass is 16.5. The van der Waals surface area contributed by atoms with Crippen molar-refractivity contribution in [1.82, 2.24) is 4.90 Å². The molecule has 5 heteroatoms. The molecule has 2 fully saturated rings. The number of fused-ring (bicyclic) bond motifs is 3. The zero-order valence-corrected chi connectivity index (χ0v) is 24.6. The van der Waals surface area contributed by atoms with Crippen molar-refractivity contribution >= 4 is 0 Å². The predicted octanol–water partition coefficient (Wildman–Crippen LogP) is 6.18. The van der Waals surface area contributed by atoms with Gasteiger partial charge >= 0.3 is 0 Å². The molecule has 0 radical (unpaired) electrons. The Hall–Kier alpha value is -1.30. The third-order valence-electron chi connectivity index (χ3n) is 9.69. The Morgan fingerprint density at radius 3 is 2.33 bits per heavy atom. The summed E-state index contributed by atoms with van der Waals surface area (Å²) < 4.78 is 12.9. The van der Waals surface area contributed by atoms with Gasteiger partial charge in [0.05, 0.1) is 5.60 Å². The van der Waals surface area contributed by atoms with Gasteiger partial charge in [-0.05, 0) is 81.5 Å². The van der Waals surface area contributed by atoms with Gasteiger partial charge in [-0.1, -0.05) is 54.5 Å². The number of aryl methyl sites for hydroxylation is 1. The lowest BCUT2D eigenvalue weighted by Crippen LogP contribution is -2.64. The molecule has 1 aromatic carbocycles. The third-order valence-corrected chi connectivity index (χ3v) is 9.69. The van der Waals surface area contributed by atoms with E-state index in [0.717, 1.165) is 38.3 Å². The van der Waals surface area contributed by atoms with Crippen molar-refractivity contribution in [3.05, 3.63) is 23.3 Å². The van der Waals surface area contributed by atoms with Crippen LogP contribution >= 0.6 is 0 Å². The molecule has 1 aromatic rings. The average Bonchev–Trinajstić information content (AvgIpc) is 3.57. The van der Waals surface area contributed by atoms with Crippen LogP contribution in [0.4, 0.5) is 0 Å². The van der Waals surface area contributed by atoms with Crippen molar-refractivity contribution in [3.8, 4) is 11.5 Å². The van der Waals surface area contributed by atoms with Crippen LogP contribution in [-0.2, 0) is 16.6 Å². The van der Waals surface area contributed by atoms with Crippen molar-refractivity contribution < 1.29 is 19.7 Å². The van der Waals surface area contributed by atoms with Gasteiger partial charge in [0.25, 0.3) is 0 Å². The number of aliphatic hydroxyl groups is 1.